The quantitative estimate of drug-likeness (QED) is 0.415. The van der Waals surface area contributed by atoms with Gasteiger partial charge in [0.25, 0.3) is 5.82 Å². The van der Waals surface area contributed by atoms with Gasteiger partial charge in [-0.3, -0.25) is 9.11 Å². The highest BCUT2D eigenvalue weighted by Crippen LogP contribution is 1.98. The summed E-state index contributed by atoms with van der Waals surface area (Å²) in [6, 6.07) is 0. The molecule has 0 amide bonds. The third-order valence-corrected chi connectivity index (χ3v) is 3.24. The molecule has 0 saturated heterocycles. The van der Waals surface area contributed by atoms with E-state index in [1.807, 2.05) is 0 Å². The lowest BCUT2D eigenvalue weighted by Crippen LogP contribution is -3.00. The molecule has 1 aromatic heterocycles. The molecule has 15 heavy (non-hydrogen) atoms. The fourth-order valence-corrected chi connectivity index (χ4v) is 2.23. The molecule has 1 aromatic rings. The van der Waals surface area contributed by atoms with Crippen LogP contribution in [-0.4, -0.2) is 29.9 Å². The third-order valence-electron chi connectivity index (χ3n) is 1.47. The third kappa shape index (κ3) is 2.89. The Bertz CT molecular complexity index is 508. The Morgan fingerprint density at radius 2 is 1.73 bits per heavy atom. The number of halogens is 1. The van der Waals surface area contributed by atoms with Crippen molar-refractivity contribution in [2.45, 2.75) is 6.92 Å². The summed E-state index contributed by atoms with van der Waals surface area (Å²) in [4.78, 5) is 0. The fourth-order valence-electron chi connectivity index (χ4n) is 0.922. The summed E-state index contributed by atoms with van der Waals surface area (Å²) in [7, 11) is -9.11. The van der Waals surface area contributed by atoms with Gasteiger partial charge in [-0.05, 0) is 0 Å². The molecule has 8 nitrogen and oxygen atoms in total. The summed E-state index contributed by atoms with van der Waals surface area (Å²) in [5.41, 5.74) is 0. The van der Waals surface area contributed by atoms with Crippen molar-refractivity contribution in [2.75, 3.05) is 0 Å². The maximum atomic E-state index is 10.6. The molecule has 11 heteroatoms. The average Bonchev–Trinajstić information content (AvgIpc) is 2.26. The smallest absolute Gasteiger partial charge is 0.439 e. The van der Waals surface area contributed by atoms with Crippen molar-refractivity contribution in [3.8, 4) is 0 Å². The van der Waals surface area contributed by atoms with E-state index in [9.17, 15) is 16.8 Å². The van der Waals surface area contributed by atoms with E-state index in [0.717, 1.165) is 19.3 Å². The highest BCUT2D eigenvalue weighted by atomic mass is 35.5. The number of hydrogen-bond acceptors (Lipinski definition) is 4. The van der Waals surface area contributed by atoms with Gasteiger partial charge in [-0.15, -0.1) is 0 Å². The number of rotatable bonds is 2. The first kappa shape index (κ1) is 14.3. The first-order valence-electron chi connectivity index (χ1n) is 3.19. The van der Waals surface area contributed by atoms with E-state index in [1.54, 1.807) is 0 Å². The predicted molar refractivity (Wildman–Crippen MR) is 43.3 cm³/mol. The summed E-state index contributed by atoms with van der Waals surface area (Å²) in [6.07, 6.45) is 1.58. The van der Waals surface area contributed by atoms with Gasteiger partial charge in [0.1, 0.15) is 0 Å². The lowest BCUT2D eigenvalue weighted by atomic mass is 10.8. The summed E-state index contributed by atoms with van der Waals surface area (Å²) in [5.74, 6) is -0.366. The Morgan fingerprint density at radius 1 is 1.27 bits per heavy atom. The minimum Gasteiger partial charge on any atom is -1.00 e. The normalized spacial score (nSPS) is 12.2. The molecule has 0 aliphatic heterocycles. The fraction of sp³-hybridized carbons (Fsp3) is 0.250. The van der Waals surface area contributed by atoms with E-state index in [-0.39, 0.29) is 18.2 Å². The summed E-state index contributed by atoms with van der Waals surface area (Å²) in [5, 5.41) is 0. The summed E-state index contributed by atoms with van der Waals surface area (Å²) in [6.45, 7) is 1.10. The zero-order chi connectivity index (χ0) is 11.1. The zero-order valence-electron chi connectivity index (χ0n) is 7.27. The first-order valence-corrected chi connectivity index (χ1v) is 5.99. The van der Waals surface area contributed by atoms with Crippen molar-refractivity contribution in [1.29, 1.82) is 0 Å². The van der Waals surface area contributed by atoms with Crippen LogP contribution in [0.5, 0.6) is 0 Å². The SMILES string of the molecule is Cc1n(S(=O)(=O)O)cc[n+]1S(=O)(=O)O.[Cl-]. The molecule has 0 radical (unpaired) electrons. The molecule has 1 heterocycles. The van der Waals surface area contributed by atoms with E-state index in [1.165, 1.54) is 0 Å². The zero-order valence-corrected chi connectivity index (χ0v) is 9.66. The average molecular weight is 279 g/mol. The molecule has 0 saturated carbocycles. The van der Waals surface area contributed by atoms with Gasteiger partial charge in [0, 0.05) is 6.92 Å². The molecule has 0 fully saturated rings. The van der Waals surface area contributed by atoms with Crippen LogP contribution < -0.4 is 16.4 Å². The van der Waals surface area contributed by atoms with E-state index in [0.29, 0.717) is 7.94 Å². The predicted octanol–water partition coefficient (Wildman–Crippen LogP) is -4.61. The Labute approximate surface area is 92.3 Å². The van der Waals surface area contributed by atoms with Gasteiger partial charge in [-0.25, -0.2) is 0 Å². The molecule has 0 spiro atoms. The maximum Gasteiger partial charge on any atom is 0.439 e. The minimum atomic E-state index is -4.55. The molecular weight excluding hydrogens is 272 g/mol. The van der Waals surface area contributed by atoms with Gasteiger partial charge in [0.2, 0.25) is 0 Å². The molecule has 2 N–H and O–H groups in total. The van der Waals surface area contributed by atoms with Crippen molar-refractivity contribution in [2.24, 2.45) is 0 Å². The van der Waals surface area contributed by atoms with Crippen molar-refractivity contribution in [1.82, 2.24) is 3.97 Å². The molecule has 0 atom stereocenters. The summed E-state index contributed by atoms with van der Waals surface area (Å²) >= 11 is 0. The molecular formula is C4H7ClN2O6S2. The van der Waals surface area contributed by atoms with Gasteiger partial charge in [0.05, 0.1) is 0 Å². The largest absolute Gasteiger partial charge is 1.00 e. The second kappa shape index (κ2) is 4.06. The van der Waals surface area contributed by atoms with E-state index < -0.39 is 20.6 Å². The second-order valence-corrected chi connectivity index (χ2v) is 4.97. The molecule has 1 rings (SSSR count). The standard InChI is InChI=1S/C4H6N2O6S2.ClH/c1-4-5(13(7,8)9)2-3-6(4)14(10,11)12;/h2-3H,1H3,(H-,7,8,9,10,11,12);1H. The highest BCUT2D eigenvalue weighted by Gasteiger charge is 2.28. The van der Waals surface area contributed by atoms with Crippen LogP contribution in [0.25, 0.3) is 0 Å². The van der Waals surface area contributed by atoms with Crippen LogP contribution in [0.15, 0.2) is 12.4 Å². The van der Waals surface area contributed by atoms with Gasteiger partial charge < -0.3 is 12.4 Å². The van der Waals surface area contributed by atoms with Crippen molar-refractivity contribution in [3.63, 3.8) is 0 Å². The van der Waals surface area contributed by atoms with Crippen LogP contribution >= 0.6 is 0 Å². The molecule has 0 unspecified atom stereocenters. The van der Waals surface area contributed by atoms with Crippen molar-refractivity contribution < 1.29 is 42.3 Å². The van der Waals surface area contributed by atoms with Crippen molar-refractivity contribution in [3.05, 3.63) is 18.2 Å². The number of nitrogens with zero attached hydrogens (tertiary/aromatic N) is 2. The lowest BCUT2D eigenvalue weighted by Gasteiger charge is -1.93. The monoisotopic (exact) mass is 278 g/mol. The van der Waals surface area contributed by atoms with Gasteiger partial charge in [0.15, 0.2) is 12.4 Å². The van der Waals surface area contributed by atoms with Crippen LogP contribution in [0.3, 0.4) is 0 Å². The van der Waals surface area contributed by atoms with E-state index in [2.05, 4.69) is 0 Å². The van der Waals surface area contributed by atoms with Crippen LogP contribution in [0.1, 0.15) is 5.82 Å². The molecule has 0 aromatic carbocycles. The molecule has 88 valence electrons. The van der Waals surface area contributed by atoms with Gasteiger partial charge >= 0.3 is 20.6 Å². The van der Waals surface area contributed by atoms with E-state index >= 15 is 0 Å². The van der Waals surface area contributed by atoms with E-state index in [4.69, 9.17) is 9.11 Å². The van der Waals surface area contributed by atoms with Gasteiger partial charge in [-0.2, -0.15) is 16.8 Å². The van der Waals surface area contributed by atoms with Crippen LogP contribution in [0, 0.1) is 6.92 Å². The Hall–Kier alpha value is -0.680. The molecule has 0 aliphatic carbocycles. The van der Waals surface area contributed by atoms with Gasteiger partial charge in [-0.1, -0.05) is 7.94 Å². The highest BCUT2D eigenvalue weighted by molar-refractivity contribution is 7.84. The first-order chi connectivity index (χ1) is 6.14. The Morgan fingerprint density at radius 3 is 1.93 bits per heavy atom. The summed E-state index contributed by atoms with van der Waals surface area (Å²) < 4.78 is 60.3. The number of imidazole rings is 1. The number of hydrogen-bond donors (Lipinski definition) is 2. The van der Waals surface area contributed by atoms with Crippen LogP contribution in [-0.2, 0) is 20.6 Å². The topological polar surface area (TPSA) is 118 Å². The van der Waals surface area contributed by atoms with Crippen molar-refractivity contribution >= 4 is 20.6 Å². The maximum absolute atomic E-state index is 10.6. The van der Waals surface area contributed by atoms with Crippen LogP contribution in [0.2, 0.25) is 0 Å². The second-order valence-electron chi connectivity index (χ2n) is 2.39. The Balaban J connectivity index is 0.00000196. The number of aromatic nitrogens is 2. The minimum absolute atomic E-state index is 0. The molecule has 0 aliphatic rings. The Kier molecular flexibility index (Phi) is 3.87. The lowest BCUT2D eigenvalue weighted by molar-refractivity contribution is -0.525. The van der Waals surface area contributed by atoms with Crippen LogP contribution in [0.4, 0.5) is 0 Å². The molecule has 0 bridgehead atoms.